The van der Waals surface area contributed by atoms with Gasteiger partial charge in [0.2, 0.25) is 5.56 Å². The van der Waals surface area contributed by atoms with E-state index in [9.17, 15) is 23.9 Å². The number of benzene rings is 1. The average Bonchev–Trinajstić information content (AvgIpc) is 3.07. The number of carbonyl (C=O) groups is 2. The van der Waals surface area contributed by atoms with Gasteiger partial charge < -0.3 is 20.0 Å². The monoisotopic (exact) mass is 356 g/mol. The number of halogens is 1. The zero-order valence-electron chi connectivity index (χ0n) is 13.3. The molecule has 26 heavy (non-hydrogen) atoms. The SMILES string of the molecule is O=C(O)C1Cc2nc[nH]c2CN1C(=O)c1cc(=O)[nH]c2ccc(F)cc12. The van der Waals surface area contributed by atoms with Crippen LogP contribution >= 0.6 is 0 Å². The number of imidazole rings is 1. The summed E-state index contributed by atoms with van der Waals surface area (Å²) in [6, 6.07) is 3.61. The smallest absolute Gasteiger partial charge is 0.326 e. The minimum absolute atomic E-state index is 0.00867. The molecule has 9 heteroatoms. The number of aromatic amines is 2. The van der Waals surface area contributed by atoms with E-state index in [4.69, 9.17) is 0 Å². The highest BCUT2D eigenvalue weighted by Gasteiger charge is 2.37. The molecule has 3 N–H and O–H groups in total. The first kappa shape index (κ1) is 16.0. The molecule has 0 saturated heterocycles. The molecule has 0 spiro atoms. The second kappa shape index (κ2) is 5.80. The number of pyridine rings is 1. The summed E-state index contributed by atoms with van der Waals surface area (Å²) in [6.07, 6.45) is 1.49. The predicted octanol–water partition coefficient (Wildman–Crippen LogP) is 1.04. The summed E-state index contributed by atoms with van der Waals surface area (Å²) >= 11 is 0. The fourth-order valence-electron chi connectivity index (χ4n) is 3.23. The van der Waals surface area contributed by atoms with Gasteiger partial charge in [-0.15, -0.1) is 0 Å². The molecule has 0 aliphatic carbocycles. The van der Waals surface area contributed by atoms with Gasteiger partial charge in [0.15, 0.2) is 0 Å². The van der Waals surface area contributed by atoms with Gasteiger partial charge in [-0.2, -0.15) is 0 Å². The van der Waals surface area contributed by atoms with Crippen LogP contribution in [0.3, 0.4) is 0 Å². The van der Waals surface area contributed by atoms with Crippen LogP contribution in [0.4, 0.5) is 4.39 Å². The first-order chi connectivity index (χ1) is 12.4. The van der Waals surface area contributed by atoms with E-state index in [0.29, 0.717) is 16.9 Å². The van der Waals surface area contributed by atoms with Crippen molar-refractivity contribution in [2.75, 3.05) is 0 Å². The zero-order valence-corrected chi connectivity index (χ0v) is 13.3. The Labute approximate surface area is 145 Å². The second-order valence-electron chi connectivity index (χ2n) is 6.06. The molecule has 1 aliphatic heterocycles. The molecule has 1 unspecified atom stereocenters. The molecule has 0 bridgehead atoms. The number of fused-ring (bicyclic) bond motifs is 2. The van der Waals surface area contributed by atoms with Crippen LogP contribution in [-0.2, 0) is 17.8 Å². The highest BCUT2D eigenvalue weighted by atomic mass is 19.1. The topological polar surface area (TPSA) is 119 Å². The fraction of sp³-hybridized carbons (Fsp3) is 0.176. The Kier molecular flexibility index (Phi) is 3.57. The van der Waals surface area contributed by atoms with Crippen molar-refractivity contribution >= 4 is 22.8 Å². The number of aromatic nitrogens is 3. The van der Waals surface area contributed by atoms with Gasteiger partial charge in [-0.25, -0.2) is 14.2 Å². The minimum atomic E-state index is -1.17. The largest absolute Gasteiger partial charge is 0.480 e. The lowest BCUT2D eigenvalue weighted by atomic mass is 10.00. The zero-order chi connectivity index (χ0) is 18.4. The standard InChI is InChI=1S/C17H13FN4O4/c18-8-1-2-11-9(3-8)10(4-15(23)21-11)16(24)22-6-13-12(19-7-20-13)5-14(22)17(25)26/h1-4,7,14H,5-6H2,(H,19,20)(H,21,23)(H,25,26). The summed E-state index contributed by atoms with van der Waals surface area (Å²) < 4.78 is 13.7. The van der Waals surface area contributed by atoms with Crippen molar-refractivity contribution in [3.8, 4) is 0 Å². The van der Waals surface area contributed by atoms with E-state index >= 15 is 0 Å². The Morgan fingerprint density at radius 3 is 2.88 bits per heavy atom. The summed E-state index contributed by atoms with van der Waals surface area (Å²) in [5, 5.41) is 9.74. The van der Waals surface area contributed by atoms with Crippen molar-refractivity contribution in [1.82, 2.24) is 19.9 Å². The lowest BCUT2D eigenvalue weighted by molar-refractivity contribution is -0.142. The molecule has 132 valence electrons. The van der Waals surface area contributed by atoms with Crippen molar-refractivity contribution in [1.29, 1.82) is 0 Å². The molecule has 1 aromatic carbocycles. The van der Waals surface area contributed by atoms with E-state index in [1.165, 1.54) is 18.5 Å². The quantitative estimate of drug-likeness (QED) is 0.634. The molecule has 1 atom stereocenters. The highest BCUT2D eigenvalue weighted by molar-refractivity contribution is 6.07. The molecule has 0 fully saturated rings. The molecule has 2 aromatic heterocycles. The van der Waals surface area contributed by atoms with Crippen LogP contribution in [0.5, 0.6) is 0 Å². The molecular weight excluding hydrogens is 343 g/mol. The number of carboxylic acids is 1. The van der Waals surface area contributed by atoms with Gasteiger partial charge in [-0.05, 0) is 18.2 Å². The van der Waals surface area contributed by atoms with Crippen molar-refractivity contribution < 1.29 is 19.1 Å². The number of H-pyrrole nitrogens is 2. The van der Waals surface area contributed by atoms with E-state index in [1.807, 2.05) is 0 Å². The van der Waals surface area contributed by atoms with Gasteiger partial charge in [-0.1, -0.05) is 0 Å². The third-order valence-corrected chi connectivity index (χ3v) is 4.48. The summed E-state index contributed by atoms with van der Waals surface area (Å²) in [5.41, 5.74) is 0.948. The fourth-order valence-corrected chi connectivity index (χ4v) is 3.23. The molecule has 1 amide bonds. The lowest BCUT2D eigenvalue weighted by Crippen LogP contribution is -2.49. The van der Waals surface area contributed by atoms with Gasteiger partial charge in [0.05, 0.1) is 29.8 Å². The molecule has 4 rings (SSSR count). The number of rotatable bonds is 2. The molecule has 1 aliphatic rings. The third kappa shape index (κ3) is 2.53. The summed E-state index contributed by atoms with van der Waals surface area (Å²) in [4.78, 5) is 47.3. The Balaban J connectivity index is 1.84. The first-order valence-corrected chi connectivity index (χ1v) is 7.81. The van der Waals surface area contributed by atoms with Crippen molar-refractivity contribution in [2.24, 2.45) is 0 Å². The van der Waals surface area contributed by atoms with E-state index in [0.717, 1.165) is 17.0 Å². The number of nitrogens with one attached hydrogen (secondary N) is 2. The second-order valence-corrected chi connectivity index (χ2v) is 6.06. The molecule has 8 nitrogen and oxygen atoms in total. The van der Waals surface area contributed by atoms with Gasteiger partial charge in [0, 0.05) is 23.4 Å². The van der Waals surface area contributed by atoms with Crippen LogP contribution in [0.2, 0.25) is 0 Å². The number of hydrogen-bond acceptors (Lipinski definition) is 4. The maximum Gasteiger partial charge on any atom is 0.326 e. The minimum Gasteiger partial charge on any atom is -0.480 e. The predicted molar refractivity (Wildman–Crippen MR) is 88.1 cm³/mol. The lowest BCUT2D eigenvalue weighted by Gasteiger charge is -2.32. The maximum absolute atomic E-state index is 13.7. The third-order valence-electron chi connectivity index (χ3n) is 4.48. The Bertz CT molecular complexity index is 1100. The van der Waals surface area contributed by atoms with Gasteiger partial charge in [0.1, 0.15) is 11.9 Å². The maximum atomic E-state index is 13.7. The van der Waals surface area contributed by atoms with E-state index < -0.39 is 29.3 Å². The molecule has 3 aromatic rings. The normalized spacial score (nSPS) is 16.5. The Morgan fingerprint density at radius 2 is 2.12 bits per heavy atom. The molecular formula is C17H13FN4O4. The van der Waals surface area contributed by atoms with Crippen LogP contribution < -0.4 is 5.56 Å². The summed E-state index contributed by atoms with van der Waals surface area (Å²) in [6.45, 7) is 0.00867. The highest BCUT2D eigenvalue weighted by Crippen LogP contribution is 2.25. The average molecular weight is 356 g/mol. The number of amides is 1. The van der Waals surface area contributed by atoms with Crippen LogP contribution in [0.25, 0.3) is 10.9 Å². The Hall–Kier alpha value is -3.49. The van der Waals surface area contributed by atoms with Gasteiger partial charge >= 0.3 is 5.97 Å². The van der Waals surface area contributed by atoms with Crippen LogP contribution in [0.1, 0.15) is 21.7 Å². The molecule has 0 radical (unpaired) electrons. The number of aliphatic carboxylic acids is 1. The van der Waals surface area contributed by atoms with Gasteiger partial charge in [-0.3, -0.25) is 9.59 Å². The first-order valence-electron chi connectivity index (χ1n) is 7.81. The van der Waals surface area contributed by atoms with Gasteiger partial charge in [0.25, 0.3) is 5.91 Å². The van der Waals surface area contributed by atoms with Crippen LogP contribution in [0, 0.1) is 5.82 Å². The summed E-state index contributed by atoms with van der Waals surface area (Å²) in [7, 11) is 0. The van der Waals surface area contributed by atoms with Crippen molar-refractivity contribution in [3.63, 3.8) is 0 Å². The van der Waals surface area contributed by atoms with Crippen molar-refractivity contribution in [3.05, 3.63) is 63.7 Å². The molecule has 3 heterocycles. The van der Waals surface area contributed by atoms with Crippen LogP contribution in [0.15, 0.2) is 35.4 Å². The number of carbonyl (C=O) groups excluding carboxylic acids is 1. The Morgan fingerprint density at radius 1 is 1.31 bits per heavy atom. The van der Waals surface area contributed by atoms with Crippen molar-refractivity contribution in [2.45, 2.75) is 19.0 Å². The van der Waals surface area contributed by atoms with E-state index in [1.54, 1.807) is 0 Å². The van der Waals surface area contributed by atoms with E-state index in [-0.39, 0.29) is 23.9 Å². The van der Waals surface area contributed by atoms with Crippen LogP contribution in [-0.4, -0.2) is 42.9 Å². The number of carboxylic acid groups (broad SMARTS) is 1. The number of hydrogen-bond donors (Lipinski definition) is 3. The molecule has 0 saturated carbocycles. The summed E-state index contributed by atoms with van der Waals surface area (Å²) in [5.74, 6) is -2.39. The number of nitrogens with zero attached hydrogens (tertiary/aromatic N) is 2. The van der Waals surface area contributed by atoms with E-state index in [2.05, 4.69) is 15.0 Å².